The zero-order chi connectivity index (χ0) is 19.8. The van der Waals surface area contributed by atoms with E-state index in [0.717, 1.165) is 10.2 Å². The van der Waals surface area contributed by atoms with Gasteiger partial charge < -0.3 is 15.4 Å². The van der Waals surface area contributed by atoms with Gasteiger partial charge in [-0.05, 0) is 73.2 Å². The Balaban J connectivity index is 1.85. The number of benzene rings is 1. The molecule has 0 spiro atoms. The van der Waals surface area contributed by atoms with Gasteiger partial charge in [0.2, 0.25) is 11.8 Å². The SMILES string of the molecule is CCOc1ccc(NC(=O)C(C)N(C)CC(=O)Nc2ccc(Br)cn2)cc1. The second-order valence-corrected chi connectivity index (χ2v) is 6.86. The summed E-state index contributed by atoms with van der Waals surface area (Å²) in [6.45, 7) is 4.31. The average Bonchev–Trinajstić information content (AvgIpc) is 2.64. The molecule has 2 amide bonds. The molecule has 144 valence electrons. The molecule has 0 saturated carbocycles. The summed E-state index contributed by atoms with van der Waals surface area (Å²) >= 11 is 3.29. The first-order valence-electron chi connectivity index (χ1n) is 8.54. The van der Waals surface area contributed by atoms with E-state index in [1.807, 2.05) is 6.92 Å². The molecule has 0 radical (unpaired) electrons. The number of carbonyl (C=O) groups excluding carboxylic acids is 2. The number of likely N-dealkylation sites (N-methyl/N-ethyl adjacent to an activating group) is 1. The minimum atomic E-state index is -0.486. The predicted octanol–water partition coefficient (Wildman–Crippen LogP) is 3.14. The molecule has 0 saturated heterocycles. The minimum absolute atomic E-state index is 0.0651. The van der Waals surface area contributed by atoms with E-state index in [1.54, 1.807) is 61.5 Å². The van der Waals surface area contributed by atoms with E-state index in [1.165, 1.54) is 0 Å². The molecule has 2 rings (SSSR count). The van der Waals surface area contributed by atoms with Gasteiger partial charge >= 0.3 is 0 Å². The summed E-state index contributed by atoms with van der Waals surface area (Å²) in [5, 5.41) is 5.54. The van der Waals surface area contributed by atoms with Crippen LogP contribution in [0.1, 0.15) is 13.8 Å². The molecular weight excluding hydrogens is 412 g/mol. The average molecular weight is 435 g/mol. The summed E-state index contributed by atoms with van der Waals surface area (Å²) in [7, 11) is 1.72. The van der Waals surface area contributed by atoms with Gasteiger partial charge in [0.1, 0.15) is 11.6 Å². The van der Waals surface area contributed by atoms with Crippen LogP contribution in [0.15, 0.2) is 47.1 Å². The van der Waals surface area contributed by atoms with Crippen LogP contribution in [0.5, 0.6) is 5.75 Å². The number of amides is 2. The van der Waals surface area contributed by atoms with Crippen LogP contribution in [0.4, 0.5) is 11.5 Å². The van der Waals surface area contributed by atoms with Gasteiger partial charge in [-0.3, -0.25) is 14.5 Å². The smallest absolute Gasteiger partial charge is 0.241 e. The van der Waals surface area contributed by atoms with Crippen molar-refractivity contribution in [2.45, 2.75) is 19.9 Å². The third kappa shape index (κ3) is 6.65. The molecule has 2 aromatic rings. The Morgan fingerprint density at radius 1 is 1.19 bits per heavy atom. The molecule has 0 aliphatic heterocycles. The first kappa shape index (κ1) is 20.9. The Kier molecular flexibility index (Phi) is 7.75. The lowest BCUT2D eigenvalue weighted by Gasteiger charge is -2.23. The number of ether oxygens (including phenoxy) is 1. The number of aromatic nitrogens is 1. The van der Waals surface area contributed by atoms with E-state index in [-0.39, 0.29) is 18.4 Å². The summed E-state index contributed by atoms with van der Waals surface area (Å²) in [5.74, 6) is 0.770. The zero-order valence-corrected chi connectivity index (χ0v) is 17.1. The Morgan fingerprint density at radius 2 is 1.89 bits per heavy atom. The summed E-state index contributed by atoms with van der Waals surface area (Å²) in [4.78, 5) is 30.3. The molecule has 1 atom stereocenters. The van der Waals surface area contributed by atoms with Gasteiger partial charge in [-0.15, -0.1) is 0 Å². The van der Waals surface area contributed by atoms with E-state index in [9.17, 15) is 9.59 Å². The zero-order valence-electron chi connectivity index (χ0n) is 15.5. The van der Waals surface area contributed by atoms with Crippen LogP contribution in [0.25, 0.3) is 0 Å². The number of nitrogens with one attached hydrogen (secondary N) is 2. The highest BCUT2D eigenvalue weighted by Gasteiger charge is 2.20. The Morgan fingerprint density at radius 3 is 2.48 bits per heavy atom. The molecule has 0 fully saturated rings. The van der Waals surface area contributed by atoms with Gasteiger partial charge in [0.25, 0.3) is 0 Å². The van der Waals surface area contributed by atoms with Crippen LogP contribution in [-0.4, -0.2) is 47.9 Å². The maximum atomic E-state index is 12.4. The molecule has 1 aromatic heterocycles. The molecule has 0 aliphatic rings. The molecule has 1 unspecified atom stereocenters. The highest BCUT2D eigenvalue weighted by molar-refractivity contribution is 9.10. The third-order valence-electron chi connectivity index (χ3n) is 3.86. The Labute approximate surface area is 167 Å². The number of halogens is 1. The van der Waals surface area contributed by atoms with Crippen molar-refractivity contribution in [3.63, 3.8) is 0 Å². The van der Waals surface area contributed by atoms with Crippen LogP contribution in [0.2, 0.25) is 0 Å². The maximum Gasteiger partial charge on any atom is 0.241 e. The van der Waals surface area contributed by atoms with Crippen molar-refractivity contribution in [1.29, 1.82) is 0 Å². The number of pyridine rings is 1. The van der Waals surface area contributed by atoms with Gasteiger partial charge in [0.05, 0.1) is 19.2 Å². The highest BCUT2D eigenvalue weighted by Crippen LogP contribution is 2.16. The van der Waals surface area contributed by atoms with Crippen molar-refractivity contribution < 1.29 is 14.3 Å². The van der Waals surface area contributed by atoms with E-state index < -0.39 is 6.04 Å². The molecule has 0 aliphatic carbocycles. The van der Waals surface area contributed by atoms with Crippen molar-refractivity contribution in [2.24, 2.45) is 0 Å². The van der Waals surface area contributed by atoms with Crippen LogP contribution >= 0.6 is 15.9 Å². The number of carbonyl (C=O) groups is 2. The predicted molar refractivity (Wildman–Crippen MR) is 109 cm³/mol. The standard InChI is InChI=1S/C19H23BrN4O3/c1-4-27-16-8-6-15(7-9-16)22-19(26)13(2)24(3)12-18(25)23-17-10-5-14(20)11-21-17/h5-11,13H,4,12H2,1-3H3,(H,22,26)(H,21,23,25). The molecule has 1 heterocycles. The largest absolute Gasteiger partial charge is 0.494 e. The first-order chi connectivity index (χ1) is 12.9. The van der Waals surface area contributed by atoms with Gasteiger partial charge in [0.15, 0.2) is 0 Å². The summed E-state index contributed by atoms with van der Waals surface area (Å²) in [6, 6.07) is 10.2. The van der Waals surface area contributed by atoms with E-state index in [0.29, 0.717) is 18.1 Å². The fraction of sp³-hybridized carbons (Fsp3) is 0.316. The fourth-order valence-corrected chi connectivity index (χ4v) is 2.48. The normalized spacial score (nSPS) is 11.7. The number of nitrogens with zero attached hydrogens (tertiary/aromatic N) is 2. The highest BCUT2D eigenvalue weighted by atomic mass is 79.9. The van der Waals surface area contributed by atoms with Crippen molar-refractivity contribution in [1.82, 2.24) is 9.88 Å². The van der Waals surface area contributed by atoms with Crippen molar-refractivity contribution >= 4 is 39.2 Å². The lowest BCUT2D eigenvalue weighted by molar-refractivity contribution is -0.122. The van der Waals surface area contributed by atoms with Crippen LogP contribution in [-0.2, 0) is 9.59 Å². The lowest BCUT2D eigenvalue weighted by Crippen LogP contribution is -2.43. The lowest BCUT2D eigenvalue weighted by atomic mass is 10.2. The van der Waals surface area contributed by atoms with E-state index in [2.05, 4.69) is 31.5 Å². The van der Waals surface area contributed by atoms with Gasteiger partial charge in [-0.2, -0.15) is 0 Å². The van der Waals surface area contributed by atoms with Crippen LogP contribution in [0.3, 0.4) is 0 Å². The molecule has 7 nitrogen and oxygen atoms in total. The maximum absolute atomic E-state index is 12.4. The summed E-state index contributed by atoms with van der Waals surface area (Å²) in [5.41, 5.74) is 0.673. The van der Waals surface area contributed by atoms with Gasteiger partial charge in [-0.25, -0.2) is 4.98 Å². The molecule has 1 aromatic carbocycles. The van der Waals surface area contributed by atoms with Crippen LogP contribution < -0.4 is 15.4 Å². The van der Waals surface area contributed by atoms with Gasteiger partial charge in [0, 0.05) is 16.4 Å². The molecule has 8 heteroatoms. The first-order valence-corrected chi connectivity index (χ1v) is 9.33. The molecule has 2 N–H and O–H groups in total. The van der Waals surface area contributed by atoms with E-state index in [4.69, 9.17) is 4.74 Å². The topological polar surface area (TPSA) is 83.6 Å². The van der Waals surface area contributed by atoms with Crippen LogP contribution in [0, 0.1) is 0 Å². The van der Waals surface area contributed by atoms with E-state index >= 15 is 0 Å². The second kappa shape index (κ2) is 10.0. The number of rotatable bonds is 8. The van der Waals surface area contributed by atoms with Crippen molar-refractivity contribution in [2.75, 3.05) is 30.8 Å². The van der Waals surface area contributed by atoms with Crippen molar-refractivity contribution in [3.05, 3.63) is 47.1 Å². The number of hydrogen-bond donors (Lipinski definition) is 2. The number of anilines is 2. The summed E-state index contributed by atoms with van der Waals surface area (Å²) < 4.78 is 6.21. The van der Waals surface area contributed by atoms with Crippen molar-refractivity contribution in [3.8, 4) is 5.75 Å². The molecule has 0 bridgehead atoms. The molecular formula is C19H23BrN4O3. The quantitative estimate of drug-likeness (QED) is 0.666. The van der Waals surface area contributed by atoms with Gasteiger partial charge in [-0.1, -0.05) is 0 Å². The number of hydrogen-bond acceptors (Lipinski definition) is 5. The third-order valence-corrected chi connectivity index (χ3v) is 4.33. The molecule has 27 heavy (non-hydrogen) atoms. The summed E-state index contributed by atoms with van der Waals surface area (Å²) in [6.07, 6.45) is 1.60. The second-order valence-electron chi connectivity index (χ2n) is 5.95. The fourth-order valence-electron chi connectivity index (χ4n) is 2.24. The Hall–Kier alpha value is -2.45. The monoisotopic (exact) mass is 434 g/mol. The minimum Gasteiger partial charge on any atom is -0.494 e. The Bertz CT molecular complexity index is 766.